The molecule has 0 spiro atoms. The molecule has 0 bridgehead atoms. The minimum atomic E-state index is -0.467. The van der Waals surface area contributed by atoms with Crippen molar-refractivity contribution in [2.75, 3.05) is 25.1 Å². The number of nitrogens with one attached hydrogen (secondary N) is 1. The normalized spacial score (nSPS) is 10.8. The molecule has 36 heavy (non-hydrogen) atoms. The van der Waals surface area contributed by atoms with Gasteiger partial charge in [0.05, 0.1) is 36.0 Å². The molecule has 2 amide bonds. The van der Waals surface area contributed by atoms with Crippen molar-refractivity contribution in [2.24, 2.45) is 0 Å². The Morgan fingerprint density at radius 3 is 2.67 bits per heavy atom. The number of nitrogens with zero attached hydrogens (tertiary/aromatic N) is 3. The monoisotopic (exact) mass is 598 g/mol. The fourth-order valence-corrected chi connectivity index (χ4v) is 4.31. The summed E-state index contributed by atoms with van der Waals surface area (Å²) in [5, 5.41) is 3.13. The second-order valence-electron chi connectivity index (χ2n) is 7.74. The molecule has 0 aliphatic heterocycles. The van der Waals surface area contributed by atoms with Gasteiger partial charge in [-0.05, 0) is 54.0 Å². The maximum absolute atomic E-state index is 12.7. The third-order valence-electron chi connectivity index (χ3n) is 5.29. The van der Waals surface area contributed by atoms with Crippen molar-refractivity contribution in [1.29, 1.82) is 0 Å². The molecular formula is C24H25BrCl2N4O5. The smallest absolute Gasteiger partial charge is 0.306 e. The average Bonchev–Trinajstić information content (AvgIpc) is 3.15. The summed E-state index contributed by atoms with van der Waals surface area (Å²) in [6, 6.07) is 6.87. The van der Waals surface area contributed by atoms with Crippen LogP contribution in [-0.2, 0) is 25.7 Å². The molecule has 2 aromatic heterocycles. The summed E-state index contributed by atoms with van der Waals surface area (Å²) >= 11 is 16.5. The lowest BCUT2D eigenvalue weighted by Gasteiger charge is -2.21. The van der Waals surface area contributed by atoms with Gasteiger partial charge in [-0.2, -0.15) is 0 Å². The van der Waals surface area contributed by atoms with E-state index < -0.39 is 17.8 Å². The number of carbonyl (C=O) groups excluding carboxylic acids is 3. The molecule has 0 aliphatic rings. The van der Waals surface area contributed by atoms with Crippen LogP contribution < -0.4 is 15.0 Å². The molecule has 0 radical (unpaired) electrons. The molecule has 3 aromatic rings. The molecule has 1 N–H and O–H groups in total. The number of likely N-dealkylation sites (N-methyl/N-ethyl adjacent to an activating group) is 1. The summed E-state index contributed by atoms with van der Waals surface area (Å²) in [6.45, 7) is 3.59. The molecule has 9 nitrogen and oxygen atoms in total. The number of esters is 1. The Bertz CT molecular complexity index is 1300. The van der Waals surface area contributed by atoms with Gasteiger partial charge in [0.2, 0.25) is 11.8 Å². The number of imidazole rings is 1. The summed E-state index contributed by atoms with van der Waals surface area (Å²) in [5.41, 5.74) is 2.36. The van der Waals surface area contributed by atoms with Crippen molar-refractivity contribution in [3.63, 3.8) is 0 Å². The van der Waals surface area contributed by atoms with E-state index in [9.17, 15) is 14.4 Å². The molecule has 0 unspecified atom stereocenters. The maximum atomic E-state index is 12.7. The molecule has 12 heteroatoms. The van der Waals surface area contributed by atoms with Crippen molar-refractivity contribution in [3.8, 4) is 5.75 Å². The van der Waals surface area contributed by atoms with Crippen LogP contribution in [0.2, 0.25) is 10.0 Å². The molecule has 192 valence electrons. The fourth-order valence-electron chi connectivity index (χ4n) is 3.33. The van der Waals surface area contributed by atoms with Crippen LogP contribution in [0.5, 0.6) is 5.75 Å². The second kappa shape index (κ2) is 12.4. The lowest BCUT2D eigenvalue weighted by Crippen LogP contribution is -2.38. The van der Waals surface area contributed by atoms with E-state index in [1.807, 2.05) is 23.6 Å². The van der Waals surface area contributed by atoms with Gasteiger partial charge in [0, 0.05) is 30.3 Å². The minimum absolute atomic E-state index is 0.0430. The number of amides is 2. The van der Waals surface area contributed by atoms with Gasteiger partial charge < -0.3 is 19.7 Å². The summed E-state index contributed by atoms with van der Waals surface area (Å²) in [4.78, 5) is 41.9. The van der Waals surface area contributed by atoms with Crippen LogP contribution in [0.4, 0.5) is 5.69 Å². The molecule has 0 saturated carbocycles. The molecule has 1 aromatic carbocycles. The summed E-state index contributed by atoms with van der Waals surface area (Å²) in [7, 11) is 1.54. The SMILES string of the molecule is CCOC(=O)CCC(=O)NCC(=O)N(C)c1ccc(Cl)c(COc2cccn3c(Br)c(C)nc23)c1Cl. The number of carbonyl (C=O) groups is 3. The van der Waals surface area contributed by atoms with E-state index in [2.05, 4.69) is 26.2 Å². The third kappa shape index (κ3) is 6.48. The van der Waals surface area contributed by atoms with E-state index in [1.54, 1.807) is 32.2 Å². The van der Waals surface area contributed by atoms with E-state index in [0.717, 1.165) is 10.3 Å². The van der Waals surface area contributed by atoms with E-state index in [-0.39, 0.29) is 37.6 Å². The molecule has 3 rings (SSSR count). The Hall–Kier alpha value is -2.82. The zero-order valence-corrected chi connectivity index (χ0v) is 23.0. The van der Waals surface area contributed by atoms with E-state index in [4.69, 9.17) is 32.7 Å². The van der Waals surface area contributed by atoms with Crippen LogP contribution in [0.15, 0.2) is 35.1 Å². The first kappa shape index (κ1) is 27.8. The summed E-state index contributed by atoms with van der Waals surface area (Å²) in [6.07, 6.45) is 1.74. The first-order valence-corrected chi connectivity index (χ1v) is 12.6. The van der Waals surface area contributed by atoms with Crippen LogP contribution in [0.25, 0.3) is 5.65 Å². The zero-order chi connectivity index (χ0) is 26.4. The van der Waals surface area contributed by atoms with Crippen molar-refractivity contribution in [3.05, 3.63) is 56.4 Å². The highest BCUT2D eigenvalue weighted by molar-refractivity contribution is 9.10. The minimum Gasteiger partial charge on any atom is -0.485 e. The molecule has 0 fully saturated rings. The molecule has 2 heterocycles. The average molecular weight is 600 g/mol. The second-order valence-corrected chi connectivity index (χ2v) is 9.27. The van der Waals surface area contributed by atoms with Gasteiger partial charge in [-0.25, -0.2) is 4.98 Å². The number of hydrogen-bond donors (Lipinski definition) is 1. The number of benzene rings is 1. The summed E-state index contributed by atoms with van der Waals surface area (Å²) in [5.74, 6) is -0.765. The van der Waals surface area contributed by atoms with E-state index >= 15 is 0 Å². The van der Waals surface area contributed by atoms with E-state index in [1.165, 1.54) is 4.90 Å². The zero-order valence-electron chi connectivity index (χ0n) is 19.9. The third-order valence-corrected chi connectivity index (χ3v) is 7.02. The van der Waals surface area contributed by atoms with Crippen molar-refractivity contribution in [2.45, 2.75) is 33.3 Å². The Labute approximate surface area is 226 Å². The van der Waals surface area contributed by atoms with Crippen LogP contribution in [0, 0.1) is 6.92 Å². The van der Waals surface area contributed by atoms with Gasteiger partial charge >= 0.3 is 5.97 Å². The highest BCUT2D eigenvalue weighted by Gasteiger charge is 2.20. The lowest BCUT2D eigenvalue weighted by molar-refractivity contribution is -0.144. The Kier molecular flexibility index (Phi) is 9.58. The van der Waals surface area contributed by atoms with Gasteiger partial charge in [-0.3, -0.25) is 18.8 Å². The van der Waals surface area contributed by atoms with Crippen molar-refractivity contribution < 1.29 is 23.9 Å². The highest BCUT2D eigenvalue weighted by atomic mass is 79.9. The lowest BCUT2D eigenvalue weighted by atomic mass is 10.2. The van der Waals surface area contributed by atoms with Crippen LogP contribution >= 0.6 is 39.1 Å². The van der Waals surface area contributed by atoms with Gasteiger partial charge in [-0.1, -0.05) is 23.2 Å². The molecule has 0 atom stereocenters. The molecule has 0 saturated heterocycles. The van der Waals surface area contributed by atoms with Gasteiger partial charge in [0.25, 0.3) is 0 Å². The Morgan fingerprint density at radius 2 is 1.94 bits per heavy atom. The van der Waals surface area contributed by atoms with Crippen LogP contribution in [-0.4, -0.2) is 47.4 Å². The number of anilines is 1. The fraction of sp³-hybridized carbons (Fsp3) is 0.333. The number of aromatic nitrogens is 2. The topological polar surface area (TPSA) is 102 Å². The predicted octanol–water partition coefficient (Wildman–Crippen LogP) is 4.71. The van der Waals surface area contributed by atoms with Crippen molar-refractivity contribution in [1.82, 2.24) is 14.7 Å². The van der Waals surface area contributed by atoms with Crippen LogP contribution in [0.1, 0.15) is 31.0 Å². The quantitative estimate of drug-likeness (QED) is 0.339. The number of hydrogen-bond acceptors (Lipinski definition) is 6. The molecular weight excluding hydrogens is 575 g/mol. The van der Waals surface area contributed by atoms with Crippen LogP contribution in [0.3, 0.4) is 0 Å². The number of aryl methyl sites for hydroxylation is 1. The summed E-state index contributed by atoms with van der Waals surface area (Å²) < 4.78 is 13.5. The molecule has 0 aliphatic carbocycles. The number of fused-ring (bicyclic) bond motifs is 1. The Balaban J connectivity index is 1.67. The van der Waals surface area contributed by atoms with Gasteiger partial charge in [0.1, 0.15) is 11.2 Å². The van der Waals surface area contributed by atoms with Gasteiger partial charge in [0.15, 0.2) is 11.4 Å². The standard InChI is InChI=1S/C24H25BrCl2N4O5/c1-4-35-21(34)10-9-19(32)28-12-20(33)30(3)17-8-7-16(26)15(22(17)27)13-36-18-6-5-11-31-23(25)14(2)29-24(18)31/h5-8,11H,4,9-10,12-13H2,1-3H3,(H,28,32). The first-order chi connectivity index (χ1) is 17.1. The van der Waals surface area contributed by atoms with E-state index in [0.29, 0.717) is 27.7 Å². The number of pyridine rings is 1. The Morgan fingerprint density at radius 1 is 1.19 bits per heavy atom. The number of halogens is 3. The predicted molar refractivity (Wildman–Crippen MR) is 141 cm³/mol. The first-order valence-electron chi connectivity index (χ1n) is 11.1. The number of rotatable bonds is 10. The van der Waals surface area contributed by atoms with Gasteiger partial charge in [-0.15, -0.1) is 0 Å². The van der Waals surface area contributed by atoms with Crippen molar-refractivity contribution >= 4 is 68.3 Å². The largest absolute Gasteiger partial charge is 0.485 e. The number of ether oxygens (including phenoxy) is 2. The highest BCUT2D eigenvalue weighted by Crippen LogP contribution is 2.35. The maximum Gasteiger partial charge on any atom is 0.306 e.